The van der Waals surface area contributed by atoms with Crippen LogP contribution in [0.2, 0.25) is 0 Å². The molecule has 1 aliphatic carbocycles. The van der Waals surface area contributed by atoms with E-state index in [2.05, 4.69) is 65.7 Å². The summed E-state index contributed by atoms with van der Waals surface area (Å²) in [6.07, 6.45) is 12.3. The minimum atomic E-state index is -0.898. The lowest BCUT2D eigenvalue weighted by molar-refractivity contribution is -0.385. The number of carbonyl (C=O) groups is 1. The number of ether oxygens (including phenoxy) is 3. The molecular weight excluding hydrogens is 636 g/mol. The van der Waals surface area contributed by atoms with Gasteiger partial charge in [-0.25, -0.2) is 4.68 Å². The second kappa shape index (κ2) is 15.7. The van der Waals surface area contributed by atoms with Crippen molar-refractivity contribution in [3.05, 3.63) is 45.8 Å². The molecule has 0 radical (unpaired) electrons. The number of hydrogen-bond acceptors (Lipinski definition) is 9. The minimum Gasteiger partial charge on any atom is -0.487 e. The summed E-state index contributed by atoms with van der Waals surface area (Å²) in [5.41, 5.74) is 0.269. The Morgan fingerprint density at radius 3 is 2.42 bits per heavy atom. The van der Waals surface area contributed by atoms with Crippen LogP contribution >= 0.6 is 27.7 Å². The van der Waals surface area contributed by atoms with Crippen molar-refractivity contribution in [3.63, 3.8) is 0 Å². The van der Waals surface area contributed by atoms with Gasteiger partial charge in [0.1, 0.15) is 29.0 Å². The molecule has 0 N–H and O–H groups in total. The van der Waals surface area contributed by atoms with Crippen LogP contribution in [0.1, 0.15) is 104 Å². The van der Waals surface area contributed by atoms with Crippen molar-refractivity contribution in [2.75, 3.05) is 6.61 Å². The van der Waals surface area contributed by atoms with E-state index in [1.165, 1.54) is 63.1 Å². The Kier molecular flexibility index (Phi) is 12.9. The molecule has 1 aliphatic rings. The molecule has 3 rings (SSSR count). The zero-order chi connectivity index (χ0) is 31.7. The van der Waals surface area contributed by atoms with Gasteiger partial charge in [0.05, 0.1) is 28.8 Å². The molecular formula is C31H47BrN4O6S. The molecule has 0 bridgehead atoms. The quantitative estimate of drug-likeness (QED) is 0.0802. The number of hydrogen-bond donors (Lipinski definition) is 0. The largest absolute Gasteiger partial charge is 0.487 e. The van der Waals surface area contributed by atoms with Crippen molar-refractivity contribution < 1.29 is 23.9 Å². The average Bonchev–Trinajstić information content (AvgIpc) is 3.32. The first-order valence-electron chi connectivity index (χ1n) is 15.1. The summed E-state index contributed by atoms with van der Waals surface area (Å²) in [4.78, 5) is 23.1. The molecule has 2 aromatic rings. The Balaban J connectivity index is 1.49. The Bertz CT molecular complexity index is 1210. The fourth-order valence-corrected chi connectivity index (χ4v) is 6.74. The van der Waals surface area contributed by atoms with Crippen LogP contribution in [0.15, 0.2) is 24.4 Å². The second-order valence-corrected chi connectivity index (χ2v) is 17.0. The molecule has 43 heavy (non-hydrogen) atoms. The van der Waals surface area contributed by atoms with Crippen LogP contribution in [0.3, 0.4) is 0 Å². The number of benzene rings is 1. The number of nitro groups is 1. The third-order valence-electron chi connectivity index (χ3n) is 7.34. The summed E-state index contributed by atoms with van der Waals surface area (Å²) >= 11 is 5.37. The number of nitro benzene ring substituents is 1. The van der Waals surface area contributed by atoms with Crippen molar-refractivity contribution in [3.8, 4) is 5.75 Å². The molecule has 1 saturated carbocycles. The van der Waals surface area contributed by atoms with Gasteiger partial charge in [0, 0.05) is 22.7 Å². The molecule has 1 heterocycles. The number of nitrogens with zero attached hydrogens (tertiary/aromatic N) is 4. The molecule has 12 heteroatoms. The van der Waals surface area contributed by atoms with E-state index in [0.29, 0.717) is 24.6 Å². The predicted molar refractivity (Wildman–Crippen MR) is 173 cm³/mol. The van der Waals surface area contributed by atoms with Gasteiger partial charge < -0.3 is 14.2 Å². The zero-order valence-electron chi connectivity index (χ0n) is 26.4. The molecule has 0 atom stereocenters. The molecule has 1 fully saturated rings. The first-order chi connectivity index (χ1) is 20.1. The van der Waals surface area contributed by atoms with Gasteiger partial charge in [0.2, 0.25) is 0 Å². The Hall–Kier alpha value is -2.18. The lowest BCUT2D eigenvalue weighted by Crippen LogP contribution is -2.33. The van der Waals surface area contributed by atoms with Gasteiger partial charge in [-0.15, -0.1) is 5.10 Å². The molecule has 240 valence electrons. The topological polar surface area (TPSA) is 119 Å². The van der Waals surface area contributed by atoms with Crippen molar-refractivity contribution >= 4 is 39.3 Å². The van der Waals surface area contributed by atoms with E-state index in [4.69, 9.17) is 14.2 Å². The standard InChI is InChI=1S/C31H47BrN4O6S/c1-29(2,42-17-16-30(3,4)43-26-12-10-8-7-9-11-13-26)22-35-19-24(33-34-35)21-40-25-14-15-27(36(38)39)23(18-25)20-41-28(37)31(5,6)32/h14-15,18-19,26H,7-13,16-17,20-22H2,1-6H3. The van der Waals surface area contributed by atoms with Crippen molar-refractivity contribution in [1.29, 1.82) is 0 Å². The SMILES string of the molecule is CC(C)(Cn1cc(COc2ccc([N+](=O)[O-])c(COC(=O)C(C)(C)Br)c2)nn1)OCCC(C)(C)SC1CCCCCCC1. The van der Waals surface area contributed by atoms with Gasteiger partial charge in [-0.1, -0.05) is 67.1 Å². The summed E-state index contributed by atoms with van der Waals surface area (Å²) in [6, 6.07) is 4.35. The Morgan fingerprint density at radius 1 is 1.09 bits per heavy atom. The molecule has 0 spiro atoms. The molecule has 1 aromatic heterocycles. The molecule has 0 saturated heterocycles. The van der Waals surface area contributed by atoms with E-state index in [-0.39, 0.29) is 29.2 Å². The fourth-order valence-electron chi connectivity index (χ4n) is 4.96. The van der Waals surface area contributed by atoms with Crippen LogP contribution in [-0.4, -0.2) is 52.4 Å². The van der Waals surface area contributed by atoms with Gasteiger partial charge >= 0.3 is 5.97 Å². The number of alkyl halides is 1. The first kappa shape index (κ1) is 35.3. The lowest BCUT2D eigenvalue weighted by atomic mass is 10.0. The summed E-state index contributed by atoms with van der Waals surface area (Å²) in [5, 5.41) is 20.7. The average molecular weight is 684 g/mol. The van der Waals surface area contributed by atoms with E-state index < -0.39 is 20.8 Å². The smallest absolute Gasteiger partial charge is 0.322 e. The number of rotatable bonds is 15. The van der Waals surface area contributed by atoms with Crippen molar-refractivity contribution in [2.45, 2.75) is 133 Å². The summed E-state index contributed by atoms with van der Waals surface area (Å²) in [6.45, 7) is 13.2. The highest BCUT2D eigenvalue weighted by atomic mass is 79.9. The van der Waals surface area contributed by atoms with Crippen molar-refractivity contribution in [2.24, 2.45) is 0 Å². The van der Waals surface area contributed by atoms with E-state index in [1.807, 2.05) is 6.20 Å². The van der Waals surface area contributed by atoms with Crippen LogP contribution in [-0.2, 0) is 34.0 Å². The van der Waals surface area contributed by atoms with Gasteiger partial charge in [-0.3, -0.25) is 14.9 Å². The number of aromatic nitrogens is 3. The van der Waals surface area contributed by atoms with Crippen molar-refractivity contribution in [1.82, 2.24) is 15.0 Å². The van der Waals surface area contributed by atoms with E-state index in [1.54, 1.807) is 18.5 Å². The van der Waals surface area contributed by atoms with Gasteiger partial charge in [-0.05, 0) is 59.1 Å². The van der Waals surface area contributed by atoms with Crippen LogP contribution in [0.5, 0.6) is 5.75 Å². The highest BCUT2D eigenvalue weighted by Crippen LogP contribution is 2.38. The molecule has 0 amide bonds. The molecule has 0 aliphatic heterocycles. The number of carbonyl (C=O) groups excluding carboxylic acids is 1. The molecule has 10 nitrogen and oxygen atoms in total. The number of thioether (sulfide) groups is 1. The monoisotopic (exact) mass is 682 g/mol. The molecule has 1 aromatic carbocycles. The highest BCUT2D eigenvalue weighted by Gasteiger charge is 2.28. The Labute approximate surface area is 268 Å². The highest BCUT2D eigenvalue weighted by molar-refractivity contribution is 9.10. The maximum Gasteiger partial charge on any atom is 0.322 e. The lowest BCUT2D eigenvalue weighted by Gasteiger charge is -2.32. The van der Waals surface area contributed by atoms with E-state index in [0.717, 1.165) is 11.7 Å². The maximum absolute atomic E-state index is 12.1. The van der Waals surface area contributed by atoms with Gasteiger partial charge in [0.25, 0.3) is 5.69 Å². The van der Waals surface area contributed by atoms with Gasteiger partial charge in [-0.2, -0.15) is 11.8 Å². The number of esters is 1. The second-order valence-electron chi connectivity index (χ2n) is 13.0. The maximum atomic E-state index is 12.1. The van der Waals surface area contributed by atoms with E-state index in [9.17, 15) is 14.9 Å². The third-order valence-corrected chi connectivity index (χ3v) is 9.31. The number of halogens is 1. The first-order valence-corrected chi connectivity index (χ1v) is 16.8. The zero-order valence-corrected chi connectivity index (χ0v) is 28.8. The predicted octanol–water partition coefficient (Wildman–Crippen LogP) is 7.79. The normalized spacial score (nSPS) is 15.5. The molecule has 0 unspecified atom stereocenters. The summed E-state index contributed by atoms with van der Waals surface area (Å²) in [5.74, 6) is -0.128. The third kappa shape index (κ3) is 12.4. The van der Waals surface area contributed by atoms with E-state index >= 15 is 0 Å². The minimum absolute atomic E-state index is 0.124. The van der Waals surface area contributed by atoms with Gasteiger partial charge in [0.15, 0.2) is 0 Å². The summed E-state index contributed by atoms with van der Waals surface area (Å²) in [7, 11) is 0. The van der Waals surface area contributed by atoms with Crippen LogP contribution in [0, 0.1) is 10.1 Å². The fraction of sp³-hybridized carbons (Fsp3) is 0.710. The van der Waals surface area contributed by atoms with Crippen LogP contribution < -0.4 is 4.74 Å². The van der Waals surface area contributed by atoms with Crippen LogP contribution in [0.4, 0.5) is 5.69 Å². The van der Waals surface area contributed by atoms with Crippen LogP contribution in [0.25, 0.3) is 0 Å². The Morgan fingerprint density at radius 2 is 1.77 bits per heavy atom. The summed E-state index contributed by atoms with van der Waals surface area (Å²) < 4.78 is 18.4.